The van der Waals surface area contributed by atoms with Crippen molar-refractivity contribution in [3.05, 3.63) is 77.3 Å². The van der Waals surface area contributed by atoms with Crippen LogP contribution in [0.2, 0.25) is 0 Å². The molecule has 9 heteroatoms. The predicted octanol–water partition coefficient (Wildman–Crippen LogP) is 3.51. The largest absolute Gasteiger partial charge is 0.497 e. The molecule has 1 aromatic carbocycles. The molecule has 9 nitrogen and oxygen atoms in total. The molecule has 0 aliphatic rings. The van der Waals surface area contributed by atoms with E-state index >= 15 is 0 Å². The standard InChI is InChI=1S/C23H19N5O4/c1-30-15-6-5-14(20(10-15)31-2)12-28-22-18(26-23(28)29)11-16(17-7-8-24-13-25-17)21(27-22)19-4-3-9-32-19/h3-11,13H,12H2,1-2H3,(H,26,29). The van der Waals surface area contributed by atoms with E-state index in [0.29, 0.717) is 39.8 Å². The number of rotatable bonds is 6. The average Bonchev–Trinajstić information content (AvgIpc) is 3.47. The van der Waals surface area contributed by atoms with Crippen LogP contribution in [0.4, 0.5) is 0 Å². The molecule has 0 spiro atoms. The molecule has 0 amide bonds. The summed E-state index contributed by atoms with van der Waals surface area (Å²) in [5.74, 6) is 1.86. The molecule has 5 aromatic rings. The Balaban J connectivity index is 1.69. The van der Waals surface area contributed by atoms with Gasteiger partial charge in [0.05, 0.1) is 38.2 Å². The van der Waals surface area contributed by atoms with Crippen LogP contribution in [0, 0.1) is 0 Å². The molecule has 0 bridgehead atoms. The Bertz CT molecular complexity index is 1440. The zero-order valence-corrected chi connectivity index (χ0v) is 17.4. The van der Waals surface area contributed by atoms with E-state index in [0.717, 1.165) is 11.1 Å². The van der Waals surface area contributed by atoms with Crippen molar-refractivity contribution in [1.29, 1.82) is 0 Å². The van der Waals surface area contributed by atoms with Crippen molar-refractivity contribution >= 4 is 11.2 Å². The van der Waals surface area contributed by atoms with E-state index in [2.05, 4.69) is 15.0 Å². The second-order valence-electron chi connectivity index (χ2n) is 7.02. The molecular weight excluding hydrogens is 410 g/mol. The Morgan fingerprint density at radius 2 is 2.03 bits per heavy atom. The number of nitrogens with zero attached hydrogens (tertiary/aromatic N) is 4. The molecule has 0 atom stereocenters. The monoisotopic (exact) mass is 429 g/mol. The molecule has 0 saturated carbocycles. The lowest BCUT2D eigenvalue weighted by atomic mass is 10.1. The van der Waals surface area contributed by atoms with Crippen molar-refractivity contribution in [1.82, 2.24) is 24.5 Å². The lowest BCUT2D eigenvalue weighted by Gasteiger charge is -2.12. The second kappa shape index (κ2) is 8.03. The fraction of sp³-hybridized carbons (Fsp3) is 0.130. The second-order valence-corrected chi connectivity index (χ2v) is 7.02. The summed E-state index contributed by atoms with van der Waals surface area (Å²) >= 11 is 0. The third kappa shape index (κ3) is 3.39. The van der Waals surface area contributed by atoms with Gasteiger partial charge >= 0.3 is 5.69 Å². The van der Waals surface area contributed by atoms with Crippen LogP contribution in [0.25, 0.3) is 33.9 Å². The van der Waals surface area contributed by atoms with Gasteiger partial charge < -0.3 is 18.9 Å². The minimum Gasteiger partial charge on any atom is -0.497 e. The van der Waals surface area contributed by atoms with E-state index in [1.807, 2.05) is 24.3 Å². The molecule has 0 radical (unpaired) electrons. The third-order valence-corrected chi connectivity index (χ3v) is 5.18. The lowest BCUT2D eigenvalue weighted by Crippen LogP contribution is -2.18. The number of pyridine rings is 1. The number of aromatic nitrogens is 5. The van der Waals surface area contributed by atoms with Crippen molar-refractivity contribution in [2.75, 3.05) is 14.2 Å². The van der Waals surface area contributed by atoms with Gasteiger partial charge in [-0.2, -0.15) is 0 Å². The number of hydrogen-bond acceptors (Lipinski definition) is 7. The lowest BCUT2D eigenvalue weighted by molar-refractivity contribution is 0.390. The maximum Gasteiger partial charge on any atom is 0.327 e. The minimum absolute atomic E-state index is 0.267. The Morgan fingerprint density at radius 1 is 1.12 bits per heavy atom. The van der Waals surface area contributed by atoms with Crippen molar-refractivity contribution in [2.24, 2.45) is 0 Å². The smallest absolute Gasteiger partial charge is 0.327 e. The normalized spacial score (nSPS) is 11.1. The summed E-state index contributed by atoms with van der Waals surface area (Å²) in [6.07, 6.45) is 4.70. The zero-order chi connectivity index (χ0) is 22.1. The molecule has 32 heavy (non-hydrogen) atoms. The van der Waals surface area contributed by atoms with E-state index in [1.54, 1.807) is 49.4 Å². The van der Waals surface area contributed by atoms with Gasteiger partial charge in [0.1, 0.15) is 23.5 Å². The van der Waals surface area contributed by atoms with Gasteiger partial charge in [0.2, 0.25) is 0 Å². The molecule has 0 saturated heterocycles. The Hall–Kier alpha value is -4.40. The summed E-state index contributed by atoms with van der Waals surface area (Å²) < 4.78 is 17.9. The summed E-state index contributed by atoms with van der Waals surface area (Å²) in [6.45, 7) is 0.267. The molecule has 0 fully saturated rings. The zero-order valence-electron chi connectivity index (χ0n) is 17.4. The van der Waals surface area contributed by atoms with Gasteiger partial charge in [0.15, 0.2) is 11.4 Å². The number of benzene rings is 1. The van der Waals surface area contributed by atoms with Crippen LogP contribution in [0.3, 0.4) is 0 Å². The molecule has 0 aliphatic heterocycles. The summed E-state index contributed by atoms with van der Waals surface area (Å²) in [5, 5.41) is 0. The van der Waals surface area contributed by atoms with Crippen LogP contribution in [0.1, 0.15) is 5.56 Å². The average molecular weight is 429 g/mol. The highest BCUT2D eigenvalue weighted by molar-refractivity contribution is 5.86. The number of fused-ring (bicyclic) bond motifs is 1. The molecule has 0 aliphatic carbocycles. The van der Waals surface area contributed by atoms with Gasteiger partial charge in [-0.15, -0.1) is 0 Å². The first-order valence-electron chi connectivity index (χ1n) is 9.82. The van der Waals surface area contributed by atoms with E-state index in [9.17, 15) is 4.79 Å². The molecule has 5 rings (SSSR count). The van der Waals surface area contributed by atoms with Crippen LogP contribution in [0.15, 0.2) is 70.5 Å². The van der Waals surface area contributed by atoms with Crippen molar-refractivity contribution in [3.8, 4) is 34.2 Å². The number of ether oxygens (including phenoxy) is 2. The van der Waals surface area contributed by atoms with Crippen molar-refractivity contribution in [3.63, 3.8) is 0 Å². The van der Waals surface area contributed by atoms with Gasteiger partial charge in [-0.3, -0.25) is 4.57 Å². The Labute approximate surface area is 182 Å². The van der Waals surface area contributed by atoms with Crippen LogP contribution in [0.5, 0.6) is 11.5 Å². The molecule has 1 N–H and O–H groups in total. The Morgan fingerprint density at radius 3 is 2.75 bits per heavy atom. The van der Waals surface area contributed by atoms with Crippen LogP contribution in [-0.4, -0.2) is 38.7 Å². The topological polar surface area (TPSA) is 108 Å². The van der Waals surface area contributed by atoms with Gasteiger partial charge in [0.25, 0.3) is 0 Å². The van der Waals surface area contributed by atoms with Crippen LogP contribution >= 0.6 is 0 Å². The molecule has 4 heterocycles. The number of furan rings is 1. The van der Waals surface area contributed by atoms with Crippen molar-refractivity contribution in [2.45, 2.75) is 6.54 Å². The van der Waals surface area contributed by atoms with Gasteiger partial charge in [-0.1, -0.05) is 0 Å². The van der Waals surface area contributed by atoms with E-state index < -0.39 is 0 Å². The minimum atomic E-state index is -0.282. The van der Waals surface area contributed by atoms with E-state index in [4.69, 9.17) is 18.9 Å². The fourth-order valence-corrected chi connectivity index (χ4v) is 3.63. The quantitative estimate of drug-likeness (QED) is 0.440. The first kappa shape index (κ1) is 19.6. The van der Waals surface area contributed by atoms with Crippen molar-refractivity contribution < 1.29 is 13.9 Å². The molecule has 0 unspecified atom stereocenters. The number of aromatic amines is 1. The maximum absolute atomic E-state index is 12.9. The number of methoxy groups -OCH3 is 2. The predicted molar refractivity (Wildman–Crippen MR) is 118 cm³/mol. The first-order valence-corrected chi connectivity index (χ1v) is 9.82. The summed E-state index contributed by atoms with van der Waals surface area (Å²) in [4.78, 5) is 28.9. The molecular formula is C23H19N5O4. The van der Waals surface area contributed by atoms with Gasteiger partial charge in [0, 0.05) is 23.4 Å². The maximum atomic E-state index is 12.9. The summed E-state index contributed by atoms with van der Waals surface area (Å²) in [5.41, 5.74) is 3.60. The fourth-order valence-electron chi connectivity index (χ4n) is 3.63. The molecule has 160 valence electrons. The number of imidazole rings is 1. The summed E-state index contributed by atoms with van der Waals surface area (Å²) in [6, 6.07) is 12.7. The highest BCUT2D eigenvalue weighted by Crippen LogP contribution is 2.32. The first-order chi connectivity index (χ1) is 15.7. The number of H-pyrrole nitrogens is 1. The SMILES string of the molecule is COc1ccc(Cn2c(=O)[nH]c3cc(-c4ccncn4)c(-c4ccco4)nc32)c(OC)c1. The Kier molecular flexibility index (Phi) is 4.91. The number of hydrogen-bond donors (Lipinski definition) is 1. The molecule has 4 aromatic heterocycles. The number of nitrogens with one attached hydrogen (secondary N) is 1. The van der Waals surface area contributed by atoms with E-state index in [1.165, 1.54) is 6.33 Å². The summed E-state index contributed by atoms with van der Waals surface area (Å²) in [7, 11) is 3.17. The van der Waals surface area contributed by atoms with E-state index in [-0.39, 0.29) is 12.2 Å². The third-order valence-electron chi connectivity index (χ3n) is 5.18. The highest BCUT2D eigenvalue weighted by Gasteiger charge is 2.19. The van der Waals surface area contributed by atoms with Gasteiger partial charge in [-0.05, 0) is 36.4 Å². The highest BCUT2D eigenvalue weighted by atomic mass is 16.5. The van der Waals surface area contributed by atoms with Crippen LogP contribution < -0.4 is 15.2 Å². The van der Waals surface area contributed by atoms with Crippen LogP contribution in [-0.2, 0) is 6.54 Å². The van der Waals surface area contributed by atoms with Gasteiger partial charge in [-0.25, -0.2) is 19.7 Å².